The Labute approximate surface area is 296 Å². The summed E-state index contributed by atoms with van der Waals surface area (Å²) in [6.45, 7) is 6.81. The summed E-state index contributed by atoms with van der Waals surface area (Å²) in [6.07, 6.45) is 7.32. The van der Waals surface area contributed by atoms with Crippen LogP contribution in [0.5, 0.6) is 5.75 Å². The summed E-state index contributed by atoms with van der Waals surface area (Å²) in [5, 5.41) is -0.00953. The molecule has 0 radical (unpaired) electrons. The molecule has 5 aliphatic rings. The summed E-state index contributed by atoms with van der Waals surface area (Å²) in [6, 6.07) is 9.80. The van der Waals surface area contributed by atoms with Crippen molar-refractivity contribution < 1.29 is 27.4 Å². The van der Waals surface area contributed by atoms with E-state index in [2.05, 4.69) is 40.7 Å². The topological polar surface area (TPSA) is 110 Å². The van der Waals surface area contributed by atoms with Crippen molar-refractivity contribution in [1.82, 2.24) is 14.6 Å². The Kier molecular flexibility index (Phi) is 9.95. The number of fused-ring (bicyclic) bond motifs is 4. The van der Waals surface area contributed by atoms with E-state index in [9.17, 15) is 13.2 Å². The fourth-order valence-electron chi connectivity index (χ4n) is 8.87. The van der Waals surface area contributed by atoms with Crippen molar-refractivity contribution in [2.45, 2.75) is 88.2 Å². The molecule has 12 heteroatoms. The number of amides is 1. The molecule has 4 heterocycles. The van der Waals surface area contributed by atoms with Crippen molar-refractivity contribution in [2.24, 2.45) is 23.7 Å². The van der Waals surface area contributed by atoms with Gasteiger partial charge < -0.3 is 24.0 Å². The molecule has 2 fully saturated rings. The smallest absolute Gasteiger partial charge is 0.283 e. The molecule has 2 aliphatic carbocycles. The number of ether oxygens (including phenoxy) is 3. The van der Waals surface area contributed by atoms with Gasteiger partial charge in [-0.2, -0.15) is 0 Å². The normalized spacial score (nSPS) is 34.9. The summed E-state index contributed by atoms with van der Waals surface area (Å²) in [4.78, 5) is 22.8. The number of sulfonamides is 1. The standard InChI is InChI=1S/C37H51ClN4O6S/c1-23-7-5-9-30(36-46-19-28(20-47-36)41(3)4)29-12-10-26(29)18-42-21-37(16-6-8-25-17-27(38)11-13-31(25)37)22-48-33-15-14-32(39-34(33)42)35(43)40-49(44,45)24(23)2/h11,13-15,17,23-24,26,28-30,36H,5-10,12,16,18-22H2,1-4H3,(H,40,43)/t23-,24+,26-,28?,29+,30+,36?,37-/m0/s1. The van der Waals surface area contributed by atoms with Crippen molar-refractivity contribution in [3.8, 4) is 5.75 Å². The van der Waals surface area contributed by atoms with E-state index in [1.807, 2.05) is 13.0 Å². The summed E-state index contributed by atoms with van der Waals surface area (Å²) >= 11 is 6.46. The maximum Gasteiger partial charge on any atom is 0.283 e. The predicted molar refractivity (Wildman–Crippen MR) is 190 cm³/mol. The Balaban J connectivity index is 1.26. The van der Waals surface area contributed by atoms with Gasteiger partial charge in [0.15, 0.2) is 17.9 Å². The molecule has 1 aromatic heterocycles. The van der Waals surface area contributed by atoms with E-state index in [0.29, 0.717) is 49.8 Å². The average molecular weight is 715 g/mol. The van der Waals surface area contributed by atoms with Gasteiger partial charge in [0.05, 0.1) is 31.1 Å². The van der Waals surface area contributed by atoms with E-state index in [1.165, 1.54) is 11.1 Å². The van der Waals surface area contributed by atoms with Crippen LogP contribution in [-0.2, 0) is 31.3 Å². The molecule has 2 aromatic rings. The second kappa shape index (κ2) is 13.9. The molecule has 1 saturated carbocycles. The highest BCUT2D eigenvalue weighted by atomic mass is 35.5. The lowest BCUT2D eigenvalue weighted by molar-refractivity contribution is -0.240. The maximum absolute atomic E-state index is 13.5. The highest BCUT2D eigenvalue weighted by molar-refractivity contribution is 7.90. The molecule has 7 rings (SSSR count). The fourth-order valence-corrected chi connectivity index (χ4v) is 10.4. The first-order valence-corrected chi connectivity index (χ1v) is 20.0. The third-order valence-corrected chi connectivity index (χ3v) is 14.4. The molecule has 49 heavy (non-hydrogen) atoms. The number of likely N-dealkylation sites (N-methyl/N-ethyl adjacent to an activating group) is 1. The van der Waals surface area contributed by atoms with Gasteiger partial charge in [0.2, 0.25) is 10.0 Å². The van der Waals surface area contributed by atoms with Gasteiger partial charge in [-0.25, -0.2) is 18.1 Å². The van der Waals surface area contributed by atoms with E-state index in [0.717, 1.165) is 62.9 Å². The van der Waals surface area contributed by atoms with Crippen molar-refractivity contribution in [3.05, 3.63) is 52.2 Å². The van der Waals surface area contributed by atoms with E-state index < -0.39 is 21.2 Å². The van der Waals surface area contributed by atoms with Crippen LogP contribution in [0.1, 0.15) is 80.4 Å². The third kappa shape index (κ3) is 6.95. The van der Waals surface area contributed by atoms with Crippen LogP contribution in [0.15, 0.2) is 30.3 Å². The molecule has 268 valence electrons. The lowest BCUT2D eigenvalue weighted by Gasteiger charge is -2.49. The first kappa shape index (κ1) is 35.0. The zero-order chi connectivity index (χ0) is 34.5. The van der Waals surface area contributed by atoms with Gasteiger partial charge in [0.1, 0.15) is 5.69 Å². The lowest BCUT2D eigenvalue weighted by Crippen LogP contribution is -2.52. The molecular weight excluding hydrogens is 664 g/mol. The summed E-state index contributed by atoms with van der Waals surface area (Å²) in [5.74, 6) is 1.31. The van der Waals surface area contributed by atoms with Crippen molar-refractivity contribution in [3.63, 3.8) is 0 Å². The van der Waals surface area contributed by atoms with Gasteiger partial charge in [-0.3, -0.25) is 4.79 Å². The van der Waals surface area contributed by atoms with E-state index in [-0.39, 0.29) is 35.3 Å². The molecule has 2 bridgehead atoms. The van der Waals surface area contributed by atoms with Gasteiger partial charge in [-0.15, -0.1) is 0 Å². The largest absolute Gasteiger partial charge is 0.489 e. The molecule has 1 amide bonds. The first-order chi connectivity index (χ1) is 23.4. The first-order valence-electron chi connectivity index (χ1n) is 18.1. The van der Waals surface area contributed by atoms with Crippen LogP contribution < -0.4 is 14.4 Å². The Morgan fingerprint density at radius 2 is 1.82 bits per heavy atom. The second-order valence-electron chi connectivity index (χ2n) is 15.5. The van der Waals surface area contributed by atoms with Crippen LogP contribution in [0.2, 0.25) is 5.02 Å². The second-order valence-corrected chi connectivity index (χ2v) is 18.0. The number of nitrogens with one attached hydrogen (secondary N) is 1. The Hall–Kier alpha value is -2.44. The molecule has 1 spiro atoms. The number of aromatic nitrogens is 1. The van der Waals surface area contributed by atoms with Crippen LogP contribution in [0.4, 0.5) is 5.82 Å². The van der Waals surface area contributed by atoms with Crippen LogP contribution in [0, 0.1) is 23.7 Å². The molecule has 1 aromatic carbocycles. The number of pyridine rings is 1. The zero-order valence-electron chi connectivity index (χ0n) is 29.2. The van der Waals surface area contributed by atoms with Crippen molar-refractivity contribution in [1.29, 1.82) is 0 Å². The highest BCUT2D eigenvalue weighted by Crippen LogP contribution is 2.48. The third-order valence-electron chi connectivity index (χ3n) is 12.3. The average Bonchev–Trinajstić information content (AvgIpc) is 3.21. The minimum absolute atomic E-state index is 0.0668. The predicted octanol–water partition coefficient (Wildman–Crippen LogP) is 5.42. The monoisotopic (exact) mass is 714 g/mol. The molecule has 1 N–H and O–H groups in total. The number of nitrogens with zero attached hydrogens (tertiary/aromatic N) is 3. The molecular formula is C37H51ClN4O6S. The van der Waals surface area contributed by atoms with Gasteiger partial charge in [0.25, 0.3) is 5.91 Å². The lowest BCUT2D eigenvalue weighted by atomic mass is 9.64. The van der Waals surface area contributed by atoms with Crippen LogP contribution in [-0.4, -0.2) is 88.8 Å². The molecule has 10 nitrogen and oxygen atoms in total. The Morgan fingerprint density at radius 1 is 1.02 bits per heavy atom. The Bertz CT molecular complexity index is 1650. The molecule has 6 atom stereocenters. The van der Waals surface area contributed by atoms with Crippen LogP contribution in [0.3, 0.4) is 0 Å². The summed E-state index contributed by atoms with van der Waals surface area (Å²) < 4.78 is 48.8. The van der Waals surface area contributed by atoms with Gasteiger partial charge in [-0.05, 0) is 119 Å². The number of benzene rings is 1. The number of halogens is 1. The minimum atomic E-state index is -3.94. The van der Waals surface area contributed by atoms with Gasteiger partial charge in [0, 0.05) is 29.4 Å². The number of carbonyl (C=O) groups is 1. The molecule has 0 unspecified atom stereocenters. The SMILES string of the molecule is C[C@@H]1[C@@H](C)CCC[C@@H](C2OCC(N(C)C)CO2)[C@@H]2CC[C@H]2CN2C[C@@]3(CCCc4cc(Cl)ccc43)COc3ccc(nc32)C(=O)NS1(=O)=O. The number of anilines is 1. The number of carbonyl (C=O) groups excluding carboxylic acids is 1. The van der Waals surface area contributed by atoms with Crippen LogP contribution >= 0.6 is 11.6 Å². The number of hydrogen-bond donors (Lipinski definition) is 1. The highest BCUT2D eigenvalue weighted by Gasteiger charge is 2.47. The minimum Gasteiger partial charge on any atom is -0.489 e. The maximum atomic E-state index is 13.5. The van der Waals surface area contributed by atoms with E-state index in [1.54, 1.807) is 19.1 Å². The number of aryl methyl sites for hydroxylation is 1. The van der Waals surface area contributed by atoms with Gasteiger partial charge in [-0.1, -0.05) is 31.0 Å². The van der Waals surface area contributed by atoms with Crippen molar-refractivity contribution >= 4 is 33.3 Å². The van der Waals surface area contributed by atoms with Crippen molar-refractivity contribution in [2.75, 3.05) is 51.9 Å². The zero-order valence-corrected chi connectivity index (χ0v) is 30.8. The fraction of sp³-hybridized carbons (Fsp3) is 0.676. The van der Waals surface area contributed by atoms with Crippen LogP contribution in [0.25, 0.3) is 0 Å². The number of hydrogen-bond acceptors (Lipinski definition) is 9. The van der Waals surface area contributed by atoms with E-state index in [4.69, 9.17) is 30.8 Å². The molecule has 1 saturated heterocycles. The van der Waals surface area contributed by atoms with E-state index >= 15 is 0 Å². The summed E-state index contributed by atoms with van der Waals surface area (Å²) in [5.41, 5.74) is 2.30. The Morgan fingerprint density at radius 3 is 2.55 bits per heavy atom. The summed E-state index contributed by atoms with van der Waals surface area (Å²) in [7, 11) is 0.167. The number of rotatable bonds is 2. The quantitative estimate of drug-likeness (QED) is 0.436. The van der Waals surface area contributed by atoms with Gasteiger partial charge >= 0.3 is 0 Å². The molecule has 3 aliphatic heterocycles.